The summed E-state index contributed by atoms with van der Waals surface area (Å²) in [4.78, 5) is 12.1. The minimum Gasteiger partial charge on any atom is -0.495 e. The number of amides is 1. The van der Waals surface area contributed by atoms with Crippen LogP contribution in [0.2, 0.25) is 0 Å². The van der Waals surface area contributed by atoms with Crippen LogP contribution in [-0.4, -0.2) is 13.0 Å². The first-order valence-electron chi connectivity index (χ1n) is 6.13. The lowest BCUT2D eigenvalue weighted by atomic mass is 9.89. The van der Waals surface area contributed by atoms with E-state index in [-0.39, 0.29) is 5.91 Å². The zero-order chi connectivity index (χ0) is 13.8. The Bertz CT molecular complexity index is 428. The summed E-state index contributed by atoms with van der Waals surface area (Å²) >= 11 is 0. The maximum absolute atomic E-state index is 12.1. The molecule has 0 aliphatic rings. The minimum absolute atomic E-state index is 0.0104. The van der Waals surface area contributed by atoms with Crippen molar-refractivity contribution in [3.63, 3.8) is 0 Å². The Balaban J connectivity index is 2.94. The molecular formula is C14H22N2O2. The highest BCUT2D eigenvalue weighted by Gasteiger charge is 2.25. The van der Waals surface area contributed by atoms with Crippen molar-refractivity contribution in [2.45, 2.75) is 33.7 Å². The van der Waals surface area contributed by atoms with Crippen LogP contribution < -0.4 is 15.8 Å². The number of hydrogen-bond acceptors (Lipinski definition) is 3. The van der Waals surface area contributed by atoms with Crippen LogP contribution >= 0.6 is 0 Å². The minimum atomic E-state index is -0.391. The lowest BCUT2D eigenvalue weighted by Crippen LogP contribution is -2.30. The van der Waals surface area contributed by atoms with Gasteiger partial charge in [-0.3, -0.25) is 4.79 Å². The third kappa shape index (κ3) is 3.23. The zero-order valence-electron chi connectivity index (χ0n) is 11.5. The first-order chi connectivity index (χ1) is 8.44. The van der Waals surface area contributed by atoms with Gasteiger partial charge in [-0.1, -0.05) is 26.8 Å². The van der Waals surface area contributed by atoms with Gasteiger partial charge in [-0.15, -0.1) is 0 Å². The van der Waals surface area contributed by atoms with Crippen molar-refractivity contribution < 1.29 is 9.53 Å². The van der Waals surface area contributed by atoms with Gasteiger partial charge in [0, 0.05) is 12.0 Å². The second kappa shape index (κ2) is 5.87. The quantitative estimate of drug-likeness (QED) is 0.844. The number of benzene rings is 1. The van der Waals surface area contributed by atoms with Gasteiger partial charge < -0.3 is 15.8 Å². The fourth-order valence-electron chi connectivity index (χ4n) is 1.42. The van der Waals surface area contributed by atoms with Crippen LogP contribution in [0.4, 0.5) is 5.69 Å². The standard InChI is InChI=1S/C14H22N2O2/c1-5-14(2,3)13(17)16-11-7-6-10(9-15)8-12(11)18-4/h6-8H,5,9,15H2,1-4H3,(H,16,17). The van der Waals surface area contributed by atoms with E-state index in [1.54, 1.807) is 7.11 Å². The smallest absolute Gasteiger partial charge is 0.230 e. The molecule has 18 heavy (non-hydrogen) atoms. The van der Waals surface area contributed by atoms with E-state index in [2.05, 4.69) is 5.32 Å². The molecule has 0 unspecified atom stereocenters. The molecule has 0 spiro atoms. The van der Waals surface area contributed by atoms with Crippen molar-refractivity contribution in [2.75, 3.05) is 12.4 Å². The van der Waals surface area contributed by atoms with Crippen molar-refractivity contribution in [3.8, 4) is 5.75 Å². The monoisotopic (exact) mass is 250 g/mol. The average Bonchev–Trinajstić information content (AvgIpc) is 2.38. The fourth-order valence-corrected chi connectivity index (χ4v) is 1.42. The number of methoxy groups -OCH3 is 1. The highest BCUT2D eigenvalue weighted by Crippen LogP contribution is 2.28. The van der Waals surface area contributed by atoms with Crippen LogP contribution in [-0.2, 0) is 11.3 Å². The number of ether oxygens (including phenoxy) is 1. The molecule has 4 heteroatoms. The Kier molecular flexibility index (Phi) is 4.73. The van der Waals surface area contributed by atoms with E-state index in [4.69, 9.17) is 10.5 Å². The molecule has 0 aliphatic carbocycles. The molecular weight excluding hydrogens is 228 g/mol. The topological polar surface area (TPSA) is 64.4 Å². The van der Waals surface area contributed by atoms with E-state index in [9.17, 15) is 4.79 Å². The maximum atomic E-state index is 12.1. The van der Waals surface area contributed by atoms with Crippen LogP contribution in [0, 0.1) is 5.41 Å². The number of anilines is 1. The molecule has 0 saturated heterocycles. The highest BCUT2D eigenvalue weighted by atomic mass is 16.5. The van der Waals surface area contributed by atoms with E-state index < -0.39 is 5.41 Å². The van der Waals surface area contributed by atoms with Crippen molar-refractivity contribution in [3.05, 3.63) is 23.8 Å². The second-order valence-electron chi connectivity index (χ2n) is 4.93. The summed E-state index contributed by atoms with van der Waals surface area (Å²) in [6, 6.07) is 5.55. The van der Waals surface area contributed by atoms with Gasteiger partial charge in [-0.25, -0.2) is 0 Å². The molecule has 0 atom stereocenters. The van der Waals surface area contributed by atoms with Gasteiger partial charge in [-0.05, 0) is 24.1 Å². The molecule has 1 rings (SSSR count). The molecule has 4 nitrogen and oxygen atoms in total. The first-order valence-corrected chi connectivity index (χ1v) is 6.13. The number of carbonyl (C=O) groups excluding carboxylic acids is 1. The number of rotatable bonds is 5. The Morgan fingerprint density at radius 2 is 2.11 bits per heavy atom. The Morgan fingerprint density at radius 3 is 2.61 bits per heavy atom. The Morgan fingerprint density at radius 1 is 1.44 bits per heavy atom. The van der Waals surface area contributed by atoms with Crippen LogP contribution in [0.3, 0.4) is 0 Å². The van der Waals surface area contributed by atoms with Crippen molar-refractivity contribution in [2.24, 2.45) is 11.1 Å². The predicted molar refractivity (Wildman–Crippen MR) is 73.6 cm³/mol. The molecule has 0 heterocycles. The highest BCUT2D eigenvalue weighted by molar-refractivity contribution is 5.96. The average molecular weight is 250 g/mol. The number of nitrogens with one attached hydrogen (secondary N) is 1. The van der Waals surface area contributed by atoms with E-state index in [1.807, 2.05) is 39.0 Å². The molecule has 3 N–H and O–H groups in total. The molecule has 1 aromatic rings. The van der Waals surface area contributed by atoms with Crippen LogP contribution in [0.25, 0.3) is 0 Å². The molecule has 100 valence electrons. The van der Waals surface area contributed by atoms with Gasteiger partial charge in [0.1, 0.15) is 5.75 Å². The SMILES string of the molecule is CCC(C)(C)C(=O)Nc1ccc(CN)cc1OC. The summed E-state index contributed by atoms with van der Waals surface area (Å²) < 4.78 is 5.26. The first kappa shape index (κ1) is 14.5. The lowest BCUT2D eigenvalue weighted by molar-refractivity contribution is -0.124. The van der Waals surface area contributed by atoms with E-state index in [1.165, 1.54) is 0 Å². The molecule has 0 saturated carbocycles. The third-order valence-electron chi connectivity index (χ3n) is 3.25. The van der Waals surface area contributed by atoms with Crippen LogP contribution in [0.1, 0.15) is 32.8 Å². The summed E-state index contributed by atoms with van der Waals surface area (Å²) in [5.74, 6) is 0.627. The predicted octanol–water partition coefficient (Wildman–Crippen LogP) is 2.53. The molecule has 0 aromatic heterocycles. The number of nitrogens with two attached hydrogens (primary N) is 1. The molecule has 0 radical (unpaired) electrons. The van der Waals surface area contributed by atoms with Crippen molar-refractivity contribution in [1.82, 2.24) is 0 Å². The molecule has 0 aliphatic heterocycles. The van der Waals surface area contributed by atoms with Gasteiger partial charge in [0.2, 0.25) is 5.91 Å². The summed E-state index contributed by atoms with van der Waals surface area (Å²) in [5.41, 5.74) is 6.83. The third-order valence-corrected chi connectivity index (χ3v) is 3.25. The summed E-state index contributed by atoms with van der Waals surface area (Å²) in [7, 11) is 1.58. The van der Waals surface area contributed by atoms with Crippen molar-refractivity contribution in [1.29, 1.82) is 0 Å². The van der Waals surface area contributed by atoms with E-state index in [0.29, 0.717) is 18.0 Å². The normalized spacial score (nSPS) is 11.2. The molecule has 1 amide bonds. The summed E-state index contributed by atoms with van der Waals surface area (Å²) in [6.07, 6.45) is 0.780. The van der Waals surface area contributed by atoms with E-state index in [0.717, 1.165) is 12.0 Å². The largest absolute Gasteiger partial charge is 0.495 e. The van der Waals surface area contributed by atoms with E-state index >= 15 is 0 Å². The van der Waals surface area contributed by atoms with Crippen LogP contribution in [0.5, 0.6) is 5.75 Å². The fraction of sp³-hybridized carbons (Fsp3) is 0.500. The summed E-state index contributed by atoms with van der Waals surface area (Å²) in [5, 5.41) is 2.90. The second-order valence-corrected chi connectivity index (χ2v) is 4.93. The summed E-state index contributed by atoms with van der Waals surface area (Å²) in [6.45, 7) is 6.28. The zero-order valence-corrected chi connectivity index (χ0v) is 11.5. The number of hydrogen-bond donors (Lipinski definition) is 2. The van der Waals surface area contributed by atoms with Gasteiger partial charge in [-0.2, -0.15) is 0 Å². The molecule has 0 bridgehead atoms. The van der Waals surface area contributed by atoms with Crippen LogP contribution in [0.15, 0.2) is 18.2 Å². The van der Waals surface area contributed by atoms with Crippen molar-refractivity contribution >= 4 is 11.6 Å². The van der Waals surface area contributed by atoms with Gasteiger partial charge >= 0.3 is 0 Å². The van der Waals surface area contributed by atoms with Gasteiger partial charge in [0.15, 0.2) is 0 Å². The van der Waals surface area contributed by atoms with Gasteiger partial charge in [0.25, 0.3) is 0 Å². The number of carbonyl (C=O) groups is 1. The Hall–Kier alpha value is -1.55. The van der Waals surface area contributed by atoms with Gasteiger partial charge in [0.05, 0.1) is 12.8 Å². The maximum Gasteiger partial charge on any atom is 0.230 e. The molecule has 1 aromatic carbocycles. The molecule has 0 fully saturated rings. The lowest BCUT2D eigenvalue weighted by Gasteiger charge is -2.22. The Labute approximate surface area is 109 Å².